The topological polar surface area (TPSA) is 43.1 Å². The normalized spacial score (nSPS) is 17.7. The minimum absolute atomic E-state index is 0.129. The molecule has 0 radical (unpaired) electrons. The molecule has 0 atom stereocenters. The molecule has 0 heterocycles. The van der Waals surface area contributed by atoms with Crippen LogP contribution in [0.3, 0.4) is 0 Å². The summed E-state index contributed by atoms with van der Waals surface area (Å²) in [5, 5.41) is 10.5. The van der Waals surface area contributed by atoms with E-state index < -0.39 is 4.92 Å². The summed E-state index contributed by atoms with van der Waals surface area (Å²) < 4.78 is 0. The molecule has 10 heavy (non-hydrogen) atoms. The van der Waals surface area contributed by atoms with Crippen LogP contribution in [0.5, 0.6) is 0 Å². The Morgan fingerprint density at radius 2 is 2.40 bits per heavy atom. The Morgan fingerprint density at radius 1 is 1.70 bits per heavy atom. The molecule has 54 valence electrons. The van der Waals surface area contributed by atoms with Crippen molar-refractivity contribution in [2.24, 2.45) is 0 Å². The highest BCUT2D eigenvalue weighted by molar-refractivity contribution is 6.31. The van der Waals surface area contributed by atoms with Gasteiger partial charge in [0, 0.05) is 6.42 Å². The minimum Gasteiger partial charge on any atom is -0.259 e. The number of nitro groups is 1. The van der Waals surface area contributed by atoms with Gasteiger partial charge in [-0.25, -0.2) is 0 Å². The maximum absolute atomic E-state index is 10.2. The maximum Gasteiger partial charge on any atom is 0.264 e. The van der Waals surface area contributed by atoms with Gasteiger partial charge in [-0.15, -0.1) is 0 Å². The average Bonchev–Trinajstić information content (AvgIpc) is 1.88. The Morgan fingerprint density at radius 3 is 2.80 bits per heavy atom. The number of rotatable bonds is 1. The predicted octanol–water partition coefficient (Wildman–Crippen LogP) is 2.06. The summed E-state index contributed by atoms with van der Waals surface area (Å²) in [7, 11) is 0. The molecule has 0 fully saturated rings. The molecule has 0 aromatic carbocycles. The fourth-order valence-electron chi connectivity index (χ4n) is 0.801. The Bertz CT molecular complexity index is 220. The van der Waals surface area contributed by atoms with Crippen LogP contribution in [-0.2, 0) is 0 Å². The summed E-state index contributed by atoms with van der Waals surface area (Å²) in [6.45, 7) is 0. The lowest BCUT2D eigenvalue weighted by Gasteiger charge is -2.01. The van der Waals surface area contributed by atoms with Crippen LogP contribution in [0.1, 0.15) is 12.8 Å². The smallest absolute Gasteiger partial charge is 0.259 e. The molecular weight excluding hydrogens is 154 g/mol. The van der Waals surface area contributed by atoms with Crippen LogP contribution < -0.4 is 0 Å². The number of allylic oxidation sites excluding steroid dienone is 4. The first-order chi connectivity index (χ1) is 4.72. The lowest BCUT2D eigenvalue weighted by molar-refractivity contribution is -0.428. The van der Waals surface area contributed by atoms with Gasteiger partial charge in [0.05, 0.1) is 4.92 Å². The van der Waals surface area contributed by atoms with E-state index in [1.165, 1.54) is 0 Å². The van der Waals surface area contributed by atoms with Crippen LogP contribution >= 0.6 is 11.6 Å². The van der Waals surface area contributed by atoms with Crippen molar-refractivity contribution in [1.82, 2.24) is 0 Å². The van der Waals surface area contributed by atoms with Gasteiger partial charge in [-0.1, -0.05) is 17.7 Å². The van der Waals surface area contributed by atoms with Gasteiger partial charge in [0.2, 0.25) is 0 Å². The second kappa shape index (κ2) is 2.84. The Hall–Kier alpha value is -0.830. The molecule has 0 aromatic rings. The van der Waals surface area contributed by atoms with E-state index in [0.29, 0.717) is 12.8 Å². The van der Waals surface area contributed by atoms with Crippen molar-refractivity contribution in [2.45, 2.75) is 12.8 Å². The maximum atomic E-state index is 10.2. The number of halogens is 1. The summed E-state index contributed by atoms with van der Waals surface area (Å²) in [4.78, 5) is 9.77. The molecule has 0 saturated heterocycles. The van der Waals surface area contributed by atoms with Crippen molar-refractivity contribution in [2.75, 3.05) is 0 Å². The molecule has 0 N–H and O–H groups in total. The molecule has 0 saturated carbocycles. The Labute approximate surface area is 63.1 Å². The monoisotopic (exact) mass is 159 g/mol. The van der Waals surface area contributed by atoms with Crippen molar-refractivity contribution >= 4 is 11.6 Å². The van der Waals surface area contributed by atoms with Crippen LogP contribution in [0.4, 0.5) is 0 Å². The van der Waals surface area contributed by atoms with Crippen LogP contribution in [0.25, 0.3) is 0 Å². The fourth-order valence-corrected chi connectivity index (χ4v) is 1.05. The number of hydrogen-bond acceptors (Lipinski definition) is 2. The van der Waals surface area contributed by atoms with Crippen LogP contribution in [0, 0.1) is 10.1 Å². The van der Waals surface area contributed by atoms with E-state index in [4.69, 9.17) is 11.6 Å². The zero-order chi connectivity index (χ0) is 7.56. The van der Waals surface area contributed by atoms with Gasteiger partial charge >= 0.3 is 0 Å². The van der Waals surface area contributed by atoms with Gasteiger partial charge < -0.3 is 0 Å². The van der Waals surface area contributed by atoms with Crippen molar-refractivity contribution in [3.8, 4) is 0 Å². The van der Waals surface area contributed by atoms with E-state index in [1.807, 2.05) is 6.08 Å². The number of nitrogens with zero attached hydrogens (tertiary/aromatic N) is 1. The summed E-state index contributed by atoms with van der Waals surface area (Å²) in [6.07, 6.45) is 4.56. The van der Waals surface area contributed by atoms with Crippen LogP contribution in [-0.4, -0.2) is 4.92 Å². The van der Waals surface area contributed by atoms with Crippen molar-refractivity contribution in [1.29, 1.82) is 0 Å². The van der Waals surface area contributed by atoms with Crippen LogP contribution in [0.2, 0.25) is 0 Å². The molecular formula is C6H6ClNO2. The van der Waals surface area contributed by atoms with Crippen molar-refractivity contribution in [3.63, 3.8) is 0 Å². The molecule has 0 amide bonds. The zero-order valence-corrected chi connectivity index (χ0v) is 5.97. The van der Waals surface area contributed by atoms with E-state index in [9.17, 15) is 10.1 Å². The predicted molar refractivity (Wildman–Crippen MR) is 38.2 cm³/mol. The van der Waals surface area contributed by atoms with Gasteiger partial charge in [0.25, 0.3) is 5.70 Å². The largest absolute Gasteiger partial charge is 0.264 e. The van der Waals surface area contributed by atoms with E-state index >= 15 is 0 Å². The third kappa shape index (κ3) is 1.36. The van der Waals surface area contributed by atoms with E-state index in [1.54, 1.807) is 6.08 Å². The quantitative estimate of drug-likeness (QED) is 0.434. The second-order valence-electron chi connectivity index (χ2n) is 1.99. The summed E-state index contributed by atoms with van der Waals surface area (Å²) in [5.41, 5.74) is 0.129. The summed E-state index contributed by atoms with van der Waals surface area (Å²) in [5.74, 6) is 0. The molecule has 3 nitrogen and oxygen atoms in total. The molecule has 1 aliphatic rings. The van der Waals surface area contributed by atoms with Gasteiger partial charge in [-0.05, 0) is 12.5 Å². The van der Waals surface area contributed by atoms with Crippen LogP contribution in [0.15, 0.2) is 22.9 Å². The Kier molecular flexibility index (Phi) is 2.06. The minimum atomic E-state index is -0.425. The fraction of sp³-hybridized carbons (Fsp3) is 0.333. The lowest BCUT2D eigenvalue weighted by Crippen LogP contribution is -2.02. The van der Waals surface area contributed by atoms with Gasteiger partial charge in [-0.3, -0.25) is 10.1 Å². The summed E-state index contributed by atoms with van der Waals surface area (Å²) in [6, 6.07) is 0. The standard InChI is InChI=1S/C6H6ClNO2/c7-5-3-1-2-4-6(5)8(9)10/h1,3H,2,4H2. The van der Waals surface area contributed by atoms with Crippen molar-refractivity contribution < 1.29 is 4.92 Å². The first-order valence-electron chi connectivity index (χ1n) is 2.91. The van der Waals surface area contributed by atoms with Gasteiger partial charge in [0.15, 0.2) is 0 Å². The summed E-state index contributed by atoms with van der Waals surface area (Å²) >= 11 is 5.53. The number of hydrogen-bond donors (Lipinski definition) is 0. The highest BCUT2D eigenvalue weighted by Crippen LogP contribution is 2.21. The highest BCUT2D eigenvalue weighted by Gasteiger charge is 2.16. The zero-order valence-electron chi connectivity index (χ0n) is 5.21. The molecule has 4 heteroatoms. The molecule has 0 unspecified atom stereocenters. The molecule has 0 aliphatic heterocycles. The Balaban J connectivity index is 2.89. The first-order valence-corrected chi connectivity index (χ1v) is 3.29. The third-order valence-electron chi connectivity index (χ3n) is 1.31. The lowest BCUT2D eigenvalue weighted by atomic mass is 10.1. The first kappa shape index (κ1) is 7.28. The average molecular weight is 160 g/mol. The molecule has 0 bridgehead atoms. The molecule has 0 spiro atoms. The second-order valence-corrected chi connectivity index (χ2v) is 2.40. The molecule has 0 aromatic heterocycles. The van der Waals surface area contributed by atoms with Gasteiger partial charge in [-0.2, -0.15) is 0 Å². The van der Waals surface area contributed by atoms with E-state index in [0.717, 1.165) is 0 Å². The SMILES string of the molecule is O=[N+]([O-])C1=C(Cl)C=CCC1. The van der Waals surface area contributed by atoms with Gasteiger partial charge in [0.1, 0.15) is 5.03 Å². The van der Waals surface area contributed by atoms with Crippen molar-refractivity contribution in [3.05, 3.63) is 33.0 Å². The third-order valence-corrected chi connectivity index (χ3v) is 1.65. The highest BCUT2D eigenvalue weighted by atomic mass is 35.5. The van der Waals surface area contributed by atoms with E-state index in [2.05, 4.69) is 0 Å². The molecule has 1 aliphatic carbocycles. The van der Waals surface area contributed by atoms with E-state index in [-0.39, 0.29) is 10.7 Å². The molecule has 1 rings (SSSR count).